The highest BCUT2D eigenvalue weighted by Crippen LogP contribution is 2.23. The van der Waals surface area contributed by atoms with Gasteiger partial charge in [-0.3, -0.25) is 9.59 Å². The summed E-state index contributed by atoms with van der Waals surface area (Å²) in [5.74, 6) is 0.144. The summed E-state index contributed by atoms with van der Waals surface area (Å²) in [4.78, 5) is 23.5. The Hall–Kier alpha value is -1.82. The number of hydrogen-bond acceptors (Lipinski definition) is 3. The Kier molecular flexibility index (Phi) is 7.66. The van der Waals surface area contributed by atoms with Crippen molar-refractivity contribution in [1.82, 2.24) is 10.6 Å². The third-order valence-electron chi connectivity index (χ3n) is 2.91. The van der Waals surface area contributed by atoms with E-state index in [4.69, 9.17) is 4.74 Å². The van der Waals surface area contributed by atoms with Crippen molar-refractivity contribution in [2.24, 2.45) is 0 Å². The van der Waals surface area contributed by atoms with Crippen LogP contribution in [0, 0.1) is 0 Å². The number of rotatable bonds is 7. The number of halogens is 1. The molecule has 120 valence electrons. The molecule has 0 saturated carbocycles. The third-order valence-corrected chi connectivity index (χ3v) is 3.40. The van der Waals surface area contributed by atoms with Crippen molar-refractivity contribution >= 4 is 33.8 Å². The summed E-state index contributed by atoms with van der Waals surface area (Å²) < 4.78 is 6.12. The van der Waals surface area contributed by atoms with E-state index in [0.717, 1.165) is 16.5 Å². The van der Waals surface area contributed by atoms with Crippen LogP contribution in [0.1, 0.15) is 25.8 Å². The number of nitrogens with one attached hydrogen (secondary N) is 2. The lowest BCUT2D eigenvalue weighted by Gasteiger charge is -2.12. The van der Waals surface area contributed by atoms with Gasteiger partial charge in [0.25, 0.3) is 0 Å². The maximum absolute atomic E-state index is 11.9. The molecule has 0 bridgehead atoms. The van der Waals surface area contributed by atoms with E-state index in [-0.39, 0.29) is 11.8 Å². The molecule has 2 amide bonds. The quantitative estimate of drug-likeness (QED) is 0.726. The molecule has 1 aromatic carbocycles. The Balaban J connectivity index is 2.64. The van der Waals surface area contributed by atoms with Gasteiger partial charge in [-0.2, -0.15) is 0 Å². The average molecular weight is 369 g/mol. The van der Waals surface area contributed by atoms with Crippen molar-refractivity contribution in [1.29, 1.82) is 0 Å². The van der Waals surface area contributed by atoms with E-state index in [2.05, 4.69) is 26.6 Å². The molecule has 6 heteroatoms. The van der Waals surface area contributed by atoms with E-state index in [1.165, 1.54) is 6.08 Å². The van der Waals surface area contributed by atoms with Crippen LogP contribution in [-0.2, 0) is 9.59 Å². The molecule has 5 nitrogen and oxygen atoms in total. The predicted octanol–water partition coefficient (Wildman–Crippen LogP) is 2.50. The fourth-order valence-corrected chi connectivity index (χ4v) is 2.11. The number of ether oxygens (including phenoxy) is 1. The van der Waals surface area contributed by atoms with Crippen LogP contribution in [-0.4, -0.2) is 31.5 Å². The molecule has 0 unspecified atom stereocenters. The molecule has 1 aromatic rings. The standard InChI is InChI=1S/C16H21BrN2O3/c1-4-9-18-16(21)11(2)19-15(20)8-5-12-10-13(17)6-7-14(12)22-3/h5-8,10-11H,4,9H2,1-3H3,(H,18,21)(H,19,20)/b8-5-/t11-/m1/s1. The maximum atomic E-state index is 11.9. The zero-order valence-corrected chi connectivity index (χ0v) is 14.6. The van der Waals surface area contributed by atoms with Crippen molar-refractivity contribution in [3.8, 4) is 5.75 Å². The van der Waals surface area contributed by atoms with E-state index in [1.807, 2.05) is 25.1 Å². The summed E-state index contributed by atoms with van der Waals surface area (Å²) in [6.45, 7) is 4.22. The van der Waals surface area contributed by atoms with Gasteiger partial charge in [0.15, 0.2) is 0 Å². The molecule has 1 atom stereocenters. The van der Waals surface area contributed by atoms with Crippen LogP contribution in [0.5, 0.6) is 5.75 Å². The molecule has 22 heavy (non-hydrogen) atoms. The van der Waals surface area contributed by atoms with Crippen LogP contribution in [0.25, 0.3) is 6.08 Å². The van der Waals surface area contributed by atoms with Crippen LogP contribution in [0.15, 0.2) is 28.7 Å². The topological polar surface area (TPSA) is 67.4 Å². The molecule has 1 rings (SSSR count). The van der Waals surface area contributed by atoms with Gasteiger partial charge in [-0.15, -0.1) is 0 Å². The first-order valence-corrected chi connectivity index (χ1v) is 7.87. The molecule has 0 radical (unpaired) electrons. The van der Waals surface area contributed by atoms with Crippen molar-refractivity contribution in [2.75, 3.05) is 13.7 Å². The molecule has 0 aliphatic carbocycles. The number of carbonyl (C=O) groups is 2. The summed E-state index contributed by atoms with van der Waals surface area (Å²) in [5.41, 5.74) is 0.773. The van der Waals surface area contributed by atoms with Crippen LogP contribution < -0.4 is 15.4 Å². The van der Waals surface area contributed by atoms with Gasteiger partial charge in [0.05, 0.1) is 7.11 Å². The van der Waals surface area contributed by atoms with Crippen molar-refractivity contribution in [3.63, 3.8) is 0 Å². The van der Waals surface area contributed by atoms with Crippen molar-refractivity contribution in [2.45, 2.75) is 26.3 Å². The molecular weight excluding hydrogens is 348 g/mol. The first-order valence-electron chi connectivity index (χ1n) is 7.07. The van der Waals surface area contributed by atoms with E-state index in [9.17, 15) is 9.59 Å². The minimum atomic E-state index is -0.576. The number of hydrogen-bond donors (Lipinski definition) is 2. The highest BCUT2D eigenvalue weighted by Gasteiger charge is 2.13. The van der Waals surface area contributed by atoms with Gasteiger partial charge in [0, 0.05) is 22.7 Å². The number of methoxy groups -OCH3 is 1. The van der Waals surface area contributed by atoms with Gasteiger partial charge < -0.3 is 15.4 Å². The van der Waals surface area contributed by atoms with Crippen LogP contribution >= 0.6 is 15.9 Å². The summed E-state index contributed by atoms with van der Waals surface area (Å²) in [7, 11) is 1.57. The summed E-state index contributed by atoms with van der Waals surface area (Å²) in [6, 6.07) is 4.94. The molecule has 0 spiro atoms. The first kappa shape index (κ1) is 18.2. The Bertz CT molecular complexity index is 558. The van der Waals surface area contributed by atoms with E-state index >= 15 is 0 Å². The Labute approximate surface area is 139 Å². The van der Waals surface area contributed by atoms with Crippen molar-refractivity contribution in [3.05, 3.63) is 34.3 Å². The molecule has 0 fully saturated rings. The van der Waals surface area contributed by atoms with Gasteiger partial charge >= 0.3 is 0 Å². The number of carbonyl (C=O) groups excluding carboxylic acids is 2. The average Bonchev–Trinajstić information content (AvgIpc) is 2.50. The Morgan fingerprint density at radius 2 is 2.14 bits per heavy atom. The summed E-state index contributed by atoms with van der Waals surface area (Å²) >= 11 is 3.37. The lowest BCUT2D eigenvalue weighted by Crippen LogP contribution is -2.44. The predicted molar refractivity (Wildman–Crippen MR) is 90.6 cm³/mol. The molecule has 0 aromatic heterocycles. The zero-order chi connectivity index (χ0) is 16.5. The first-order chi connectivity index (χ1) is 10.5. The van der Waals surface area contributed by atoms with E-state index in [1.54, 1.807) is 20.1 Å². The molecule has 0 aliphatic heterocycles. The van der Waals surface area contributed by atoms with E-state index < -0.39 is 6.04 Å². The summed E-state index contributed by atoms with van der Waals surface area (Å²) in [6.07, 6.45) is 3.89. The van der Waals surface area contributed by atoms with Gasteiger partial charge in [-0.25, -0.2) is 0 Å². The molecule has 0 aliphatic rings. The highest BCUT2D eigenvalue weighted by atomic mass is 79.9. The zero-order valence-electron chi connectivity index (χ0n) is 13.0. The van der Waals surface area contributed by atoms with Gasteiger partial charge in [0.2, 0.25) is 11.8 Å². The highest BCUT2D eigenvalue weighted by molar-refractivity contribution is 9.10. The maximum Gasteiger partial charge on any atom is 0.244 e. The van der Waals surface area contributed by atoms with Crippen LogP contribution in [0.2, 0.25) is 0 Å². The van der Waals surface area contributed by atoms with Gasteiger partial charge in [0.1, 0.15) is 11.8 Å². The smallest absolute Gasteiger partial charge is 0.244 e. The fraction of sp³-hybridized carbons (Fsp3) is 0.375. The van der Waals surface area contributed by atoms with Gasteiger partial charge in [-0.1, -0.05) is 22.9 Å². The lowest BCUT2D eigenvalue weighted by molar-refractivity contribution is -0.126. The van der Waals surface area contributed by atoms with E-state index in [0.29, 0.717) is 12.3 Å². The lowest BCUT2D eigenvalue weighted by atomic mass is 10.2. The second kappa shape index (κ2) is 9.25. The normalized spacial score (nSPS) is 12.0. The van der Waals surface area contributed by atoms with Crippen LogP contribution in [0.3, 0.4) is 0 Å². The summed E-state index contributed by atoms with van der Waals surface area (Å²) in [5, 5.41) is 5.35. The fourth-order valence-electron chi connectivity index (χ4n) is 1.73. The molecule has 0 saturated heterocycles. The van der Waals surface area contributed by atoms with Crippen LogP contribution in [0.4, 0.5) is 0 Å². The molecular formula is C16H21BrN2O3. The SMILES string of the molecule is CCCNC(=O)[C@@H](C)NC(=O)/C=C\c1cc(Br)ccc1OC. The molecule has 0 heterocycles. The second-order valence-corrected chi connectivity index (χ2v) is 5.66. The minimum absolute atomic E-state index is 0.191. The Morgan fingerprint density at radius 1 is 1.41 bits per heavy atom. The number of benzene rings is 1. The number of amides is 2. The largest absolute Gasteiger partial charge is 0.496 e. The molecule has 2 N–H and O–H groups in total. The minimum Gasteiger partial charge on any atom is -0.496 e. The Morgan fingerprint density at radius 3 is 2.77 bits per heavy atom. The second-order valence-electron chi connectivity index (χ2n) is 4.74. The monoisotopic (exact) mass is 368 g/mol. The van der Waals surface area contributed by atoms with Crippen molar-refractivity contribution < 1.29 is 14.3 Å². The van der Waals surface area contributed by atoms with Gasteiger partial charge in [-0.05, 0) is 37.6 Å². The third kappa shape index (κ3) is 5.89.